The van der Waals surface area contributed by atoms with Crippen LogP contribution in [-0.4, -0.2) is 6.10 Å². The molecule has 1 aliphatic rings. The fraction of sp³-hybridized carbons (Fsp3) is 0.455. The van der Waals surface area contributed by atoms with Gasteiger partial charge in [0, 0.05) is 6.04 Å². The second-order valence-electron chi connectivity index (χ2n) is 3.80. The van der Waals surface area contributed by atoms with Gasteiger partial charge in [-0.05, 0) is 53.4 Å². The second-order valence-corrected chi connectivity index (χ2v) is 4.65. The lowest BCUT2D eigenvalue weighted by Gasteiger charge is -2.10. The molecule has 1 saturated carbocycles. The van der Waals surface area contributed by atoms with Gasteiger partial charge in [-0.15, -0.1) is 0 Å². The predicted molar refractivity (Wildman–Crippen MR) is 60.4 cm³/mol. The molecule has 76 valence electrons. The Morgan fingerprint density at radius 1 is 1.50 bits per heavy atom. The zero-order valence-corrected chi connectivity index (χ0v) is 9.75. The summed E-state index contributed by atoms with van der Waals surface area (Å²) < 4.78 is 6.70. The number of rotatable bonds is 3. The Morgan fingerprint density at radius 2 is 2.21 bits per heavy atom. The van der Waals surface area contributed by atoms with E-state index in [2.05, 4.69) is 15.9 Å². The summed E-state index contributed by atoms with van der Waals surface area (Å²) in [6.07, 6.45) is 2.80. The quantitative estimate of drug-likeness (QED) is 0.902. The molecule has 0 aromatic heterocycles. The SMILES string of the molecule is CC(N)c1ccc(OC2CC2)c(Br)c1. The number of nitrogens with two attached hydrogens (primary N) is 1. The van der Waals surface area contributed by atoms with Crippen molar-refractivity contribution in [3.63, 3.8) is 0 Å². The molecule has 1 fully saturated rings. The first-order valence-corrected chi connectivity index (χ1v) is 5.68. The molecule has 0 bridgehead atoms. The first kappa shape index (κ1) is 9.99. The zero-order chi connectivity index (χ0) is 10.1. The van der Waals surface area contributed by atoms with Crippen LogP contribution in [0.1, 0.15) is 31.4 Å². The summed E-state index contributed by atoms with van der Waals surface area (Å²) in [5.41, 5.74) is 6.91. The minimum Gasteiger partial charge on any atom is -0.489 e. The van der Waals surface area contributed by atoms with Crippen molar-refractivity contribution in [2.75, 3.05) is 0 Å². The number of halogens is 1. The van der Waals surface area contributed by atoms with E-state index in [0.29, 0.717) is 6.10 Å². The van der Waals surface area contributed by atoms with E-state index >= 15 is 0 Å². The molecule has 1 aliphatic carbocycles. The maximum atomic E-state index is 5.78. The average Bonchev–Trinajstić information content (AvgIpc) is 2.92. The molecule has 3 heteroatoms. The van der Waals surface area contributed by atoms with Gasteiger partial charge in [0.05, 0.1) is 10.6 Å². The van der Waals surface area contributed by atoms with E-state index in [1.54, 1.807) is 0 Å². The van der Waals surface area contributed by atoms with E-state index in [4.69, 9.17) is 10.5 Å². The van der Waals surface area contributed by atoms with E-state index in [1.165, 1.54) is 12.8 Å². The van der Waals surface area contributed by atoms with Crippen molar-refractivity contribution in [2.45, 2.75) is 31.9 Å². The summed E-state index contributed by atoms with van der Waals surface area (Å²) >= 11 is 3.49. The lowest BCUT2D eigenvalue weighted by molar-refractivity contribution is 0.301. The summed E-state index contributed by atoms with van der Waals surface area (Å²) in [5.74, 6) is 0.928. The molecule has 1 atom stereocenters. The van der Waals surface area contributed by atoms with Crippen LogP contribution in [0.5, 0.6) is 5.75 Å². The average molecular weight is 256 g/mol. The second kappa shape index (κ2) is 3.91. The van der Waals surface area contributed by atoms with E-state index < -0.39 is 0 Å². The van der Waals surface area contributed by atoms with Crippen molar-refractivity contribution in [3.8, 4) is 5.75 Å². The first-order valence-electron chi connectivity index (χ1n) is 4.88. The van der Waals surface area contributed by atoms with Crippen molar-refractivity contribution in [2.24, 2.45) is 5.73 Å². The van der Waals surface area contributed by atoms with Gasteiger partial charge in [-0.2, -0.15) is 0 Å². The van der Waals surface area contributed by atoms with Crippen LogP contribution in [0.4, 0.5) is 0 Å². The van der Waals surface area contributed by atoms with Crippen LogP contribution in [0.3, 0.4) is 0 Å². The number of hydrogen-bond acceptors (Lipinski definition) is 2. The Bertz CT molecular complexity index is 334. The van der Waals surface area contributed by atoms with Gasteiger partial charge in [0.1, 0.15) is 5.75 Å². The van der Waals surface area contributed by atoms with Gasteiger partial charge >= 0.3 is 0 Å². The minimum atomic E-state index is 0.0706. The van der Waals surface area contributed by atoms with E-state index in [1.807, 2.05) is 25.1 Å². The van der Waals surface area contributed by atoms with Gasteiger partial charge in [0.2, 0.25) is 0 Å². The maximum Gasteiger partial charge on any atom is 0.133 e. The number of hydrogen-bond donors (Lipinski definition) is 1. The van der Waals surface area contributed by atoms with Crippen LogP contribution in [0.2, 0.25) is 0 Å². The molecule has 0 spiro atoms. The maximum absolute atomic E-state index is 5.78. The molecular weight excluding hydrogens is 242 g/mol. The van der Waals surface area contributed by atoms with Gasteiger partial charge in [0.15, 0.2) is 0 Å². The zero-order valence-electron chi connectivity index (χ0n) is 8.16. The molecule has 2 nitrogen and oxygen atoms in total. The highest BCUT2D eigenvalue weighted by molar-refractivity contribution is 9.10. The highest BCUT2D eigenvalue weighted by atomic mass is 79.9. The highest BCUT2D eigenvalue weighted by Crippen LogP contribution is 2.33. The molecule has 1 aromatic rings. The van der Waals surface area contributed by atoms with Crippen molar-refractivity contribution < 1.29 is 4.74 Å². The molecule has 2 rings (SSSR count). The molecule has 1 aromatic carbocycles. The lowest BCUT2D eigenvalue weighted by Crippen LogP contribution is -2.05. The van der Waals surface area contributed by atoms with Crippen molar-refractivity contribution >= 4 is 15.9 Å². The Balaban J connectivity index is 2.17. The van der Waals surface area contributed by atoms with Crippen molar-refractivity contribution in [1.29, 1.82) is 0 Å². The van der Waals surface area contributed by atoms with E-state index in [-0.39, 0.29) is 6.04 Å². The van der Waals surface area contributed by atoms with Crippen LogP contribution in [0.15, 0.2) is 22.7 Å². The Kier molecular flexibility index (Phi) is 2.79. The van der Waals surface area contributed by atoms with E-state index in [0.717, 1.165) is 15.8 Å². The molecular formula is C11H14BrNO. The summed E-state index contributed by atoms with van der Waals surface area (Å²) in [4.78, 5) is 0. The standard InChI is InChI=1S/C11H14BrNO/c1-7(13)8-2-5-11(10(12)6-8)14-9-3-4-9/h2,5-7,9H,3-4,13H2,1H3. The Morgan fingerprint density at radius 3 is 2.71 bits per heavy atom. The van der Waals surface area contributed by atoms with Gasteiger partial charge < -0.3 is 10.5 Å². The third-order valence-electron chi connectivity index (χ3n) is 2.30. The van der Waals surface area contributed by atoms with Crippen LogP contribution in [0.25, 0.3) is 0 Å². The molecule has 0 amide bonds. The molecule has 14 heavy (non-hydrogen) atoms. The highest BCUT2D eigenvalue weighted by Gasteiger charge is 2.24. The monoisotopic (exact) mass is 255 g/mol. The van der Waals surface area contributed by atoms with Crippen LogP contribution in [0, 0.1) is 0 Å². The molecule has 0 saturated heterocycles. The van der Waals surface area contributed by atoms with Crippen molar-refractivity contribution in [3.05, 3.63) is 28.2 Å². The normalized spacial score (nSPS) is 17.9. The molecule has 2 N–H and O–H groups in total. The molecule has 0 aliphatic heterocycles. The number of benzene rings is 1. The largest absolute Gasteiger partial charge is 0.489 e. The minimum absolute atomic E-state index is 0.0706. The fourth-order valence-electron chi connectivity index (χ4n) is 1.26. The summed E-state index contributed by atoms with van der Waals surface area (Å²) in [7, 11) is 0. The summed E-state index contributed by atoms with van der Waals surface area (Å²) in [6.45, 7) is 1.98. The molecule has 0 heterocycles. The van der Waals surface area contributed by atoms with Gasteiger partial charge in [0.25, 0.3) is 0 Å². The molecule has 1 unspecified atom stereocenters. The number of ether oxygens (including phenoxy) is 1. The lowest BCUT2D eigenvalue weighted by atomic mass is 10.1. The summed E-state index contributed by atoms with van der Waals surface area (Å²) in [6, 6.07) is 6.11. The van der Waals surface area contributed by atoms with Gasteiger partial charge in [-0.25, -0.2) is 0 Å². The Hall–Kier alpha value is -0.540. The Labute approximate surface area is 92.6 Å². The third-order valence-corrected chi connectivity index (χ3v) is 2.92. The first-order chi connectivity index (χ1) is 6.66. The van der Waals surface area contributed by atoms with E-state index in [9.17, 15) is 0 Å². The van der Waals surface area contributed by atoms with Gasteiger partial charge in [-0.1, -0.05) is 6.07 Å². The van der Waals surface area contributed by atoms with Crippen molar-refractivity contribution in [1.82, 2.24) is 0 Å². The van der Waals surface area contributed by atoms with Gasteiger partial charge in [-0.3, -0.25) is 0 Å². The third kappa shape index (κ3) is 2.28. The predicted octanol–water partition coefficient (Wildman–Crippen LogP) is 3.01. The summed E-state index contributed by atoms with van der Waals surface area (Å²) in [5, 5.41) is 0. The molecule has 0 radical (unpaired) electrons. The fourth-order valence-corrected chi connectivity index (χ4v) is 1.75. The van der Waals surface area contributed by atoms with Crippen LogP contribution < -0.4 is 10.5 Å². The van der Waals surface area contributed by atoms with Crippen LogP contribution in [-0.2, 0) is 0 Å². The smallest absolute Gasteiger partial charge is 0.133 e. The van der Waals surface area contributed by atoms with Crippen LogP contribution >= 0.6 is 15.9 Å². The topological polar surface area (TPSA) is 35.2 Å².